The fourth-order valence-corrected chi connectivity index (χ4v) is 3.86. The van der Waals surface area contributed by atoms with Gasteiger partial charge in [-0.25, -0.2) is 8.42 Å². The maximum atomic E-state index is 12.5. The summed E-state index contributed by atoms with van der Waals surface area (Å²) in [6, 6.07) is 12.1. The summed E-state index contributed by atoms with van der Waals surface area (Å²) in [6.45, 7) is 3.90. The first kappa shape index (κ1) is 17.0. The molecule has 0 saturated heterocycles. The number of hydrogen-bond acceptors (Lipinski definition) is 4. The first-order valence-corrected chi connectivity index (χ1v) is 9.17. The molecular weight excluding hydrogens is 338 g/mol. The molecule has 0 aliphatic carbocycles. The highest BCUT2D eigenvalue weighted by atomic mass is 32.2. The third-order valence-corrected chi connectivity index (χ3v) is 5.27. The zero-order valence-electron chi connectivity index (χ0n) is 14.2. The normalized spacial score (nSPS) is 11.3. The first-order valence-electron chi connectivity index (χ1n) is 7.69. The smallest absolute Gasteiger partial charge is 0.263 e. The van der Waals surface area contributed by atoms with Crippen molar-refractivity contribution in [2.45, 2.75) is 18.7 Å². The summed E-state index contributed by atoms with van der Waals surface area (Å²) in [4.78, 5) is 0.192. The molecule has 3 rings (SSSR count). The molecule has 0 fully saturated rings. The molecule has 0 aliphatic heterocycles. The molecule has 0 aliphatic rings. The van der Waals surface area contributed by atoms with E-state index in [2.05, 4.69) is 14.9 Å². The maximum Gasteiger partial charge on any atom is 0.263 e. The van der Waals surface area contributed by atoms with Gasteiger partial charge in [0, 0.05) is 5.56 Å². The summed E-state index contributed by atoms with van der Waals surface area (Å²) in [6.07, 6.45) is 1.60. The van der Waals surface area contributed by atoms with E-state index in [0.717, 1.165) is 22.4 Å². The Morgan fingerprint density at radius 2 is 1.72 bits per heavy atom. The second kappa shape index (κ2) is 6.60. The van der Waals surface area contributed by atoms with E-state index in [4.69, 9.17) is 4.74 Å². The molecule has 2 aromatic carbocycles. The van der Waals surface area contributed by atoms with Gasteiger partial charge in [0.2, 0.25) is 0 Å². The first-order chi connectivity index (χ1) is 11.9. The summed E-state index contributed by atoms with van der Waals surface area (Å²) in [5, 5.41) is 6.72. The van der Waals surface area contributed by atoms with Crippen LogP contribution in [0.4, 0.5) is 5.82 Å². The molecule has 130 valence electrons. The fourth-order valence-electron chi connectivity index (χ4n) is 2.80. The van der Waals surface area contributed by atoms with Crippen LogP contribution in [0.5, 0.6) is 5.75 Å². The second-order valence-corrected chi connectivity index (χ2v) is 7.40. The highest BCUT2D eigenvalue weighted by molar-refractivity contribution is 7.92. The Morgan fingerprint density at radius 3 is 2.32 bits per heavy atom. The van der Waals surface area contributed by atoms with Gasteiger partial charge in [-0.15, -0.1) is 0 Å². The number of aryl methyl sites for hydroxylation is 2. The van der Waals surface area contributed by atoms with E-state index in [9.17, 15) is 8.42 Å². The lowest BCUT2D eigenvalue weighted by atomic mass is 10.0. The summed E-state index contributed by atoms with van der Waals surface area (Å²) in [7, 11) is -2.06. The number of nitrogens with one attached hydrogen (secondary N) is 2. The van der Waals surface area contributed by atoms with Crippen molar-refractivity contribution >= 4 is 15.8 Å². The SMILES string of the molecule is COc1c(C)cc(-c2cn[nH]c2NS(=O)(=O)c2ccccc2)cc1C. The number of rotatable bonds is 5. The molecule has 1 heterocycles. The summed E-state index contributed by atoms with van der Waals surface area (Å²) in [5.74, 6) is 1.14. The van der Waals surface area contributed by atoms with Gasteiger partial charge in [0.05, 0.1) is 18.2 Å². The lowest BCUT2D eigenvalue weighted by Crippen LogP contribution is -2.13. The van der Waals surface area contributed by atoms with Crippen LogP contribution >= 0.6 is 0 Å². The standard InChI is InChI=1S/C18H19N3O3S/c1-12-9-14(10-13(2)17(12)24-3)16-11-19-20-18(16)21-25(22,23)15-7-5-4-6-8-15/h4-11H,1-3H3,(H2,19,20,21). The zero-order valence-corrected chi connectivity index (χ0v) is 15.0. The van der Waals surface area contributed by atoms with Gasteiger partial charge in [-0.1, -0.05) is 18.2 Å². The predicted molar refractivity (Wildman–Crippen MR) is 97.3 cm³/mol. The average molecular weight is 357 g/mol. The van der Waals surface area contributed by atoms with Crippen LogP contribution in [0.1, 0.15) is 11.1 Å². The third kappa shape index (κ3) is 3.36. The zero-order chi connectivity index (χ0) is 18.0. The molecule has 25 heavy (non-hydrogen) atoms. The molecule has 7 heteroatoms. The van der Waals surface area contributed by atoms with Crippen molar-refractivity contribution in [2.75, 3.05) is 11.8 Å². The van der Waals surface area contributed by atoms with Gasteiger partial charge in [0.1, 0.15) is 11.6 Å². The van der Waals surface area contributed by atoms with Crippen molar-refractivity contribution in [1.82, 2.24) is 10.2 Å². The predicted octanol–water partition coefficient (Wildman–Crippen LogP) is 3.50. The van der Waals surface area contributed by atoms with Crippen molar-refractivity contribution in [1.29, 1.82) is 0 Å². The molecule has 2 N–H and O–H groups in total. The third-order valence-electron chi connectivity index (χ3n) is 3.90. The van der Waals surface area contributed by atoms with Crippen LogP contribution in [0.2, 0.25) is 0 Å². The van der Waals surface area contributed by atoms with E-state index >= 15 is 0 Å². The van der Waals surface area contributed by atoms with Crippen molar-refractivity contribution in [3.63, 3.8) is 0 Å². The van der Waals surface area contributed by atoms with Crippen LogP contribution in [0.25, 0.3) is 11.1 Å². The van der Waals surface area contributed by atoms with Crippen LogP contribution < -0.4 is 9.46 Å². The van der Waals surface area contributed by atoms with Gasteiger partial charge in [-0.3, -0.25) is 9.82 Å². The van der Waals surface area contributed by atoms with E-state index in [-0.39, 0.29) is 4.90 Å². The number of methoxy groups -OCH3 is 1. The minimum atomic E-state index is -3.69. The van der Waals surface area contributed by atoms with Crippen LogP contribution in [0.3, 0.4) is 0 Å². The van der Waals surface area contributed by atoms with E-state index < -0.39 is 10.0 Å². The number of hydrogen-bond donors (Lipinski definition) is 2. The maximum absolute atomic E-state index is 12.5. The van der Waals surface area contributed by atoms with Crippen molar-refractivity contribution in [3.05, 3.63) is 59.8 Å². The molecule has 3 aromatic rings. The van der Waals surface area contributed by atoms with Gasteiger partial charge in [-0.2, -0.15) is 5.10 Å². The Kier molecular flexibility index (Phi) is 4.50. The van der Waals surface area contributed by atoms with Gasteiger partial charge in [-0.05, 0) is 54.8 Å². The number of nitrogens with zero attached hydrogens (tertiary/aromatic N) is 1. The van der Waals surface area contributed by atoms with Gasteiger partial charge in [0.15, 0.2) is 0 Å². The van der Waals surface area contributed by atoms with E-state index in [1.54, 1.807) is 43.6 Å². The topological polar surface area (TPSA) is 84.1 Å². The van der Waals surface area contributed by atoms with E-state index in [1.165, 1.54) is 0 Å². The van der Waals surface area contributed by atoms with Crippen LogP contribution in [-0.4, -0.2) is 25.7 Å². The molecular formula is C18H19N3O3S. The highest BCUT2D eigenvalue weighted by Gasteiger charge is 2.18. The molecule has 0 spiro atoms. The van der Waals surface area contributed by atoms with Crippen molar-refractivity contribution in [2.24, 2.45) is 0 Å². The number of sulfonamides is 1. The molecule has 0 radical (unpaired) electrons. The Hall–Kier alpha value is -2.80. The van der Waals surface area contributed by atoms with Crippen molar-refractivity contribution < 1.29 is 13.2 Å². The summed E-state index contributed by atoms with van der Waals surface area (Å²) < 4.78 is 33.0. The van der Waals surface area contributed by atoms with Gasteiger partial charge >= 0.3 is 0 Å². The number of anilines is 1. The highest BCUT2D eigenvalue weighted by Crippen LogP contribution is 2.33. The fraction of sp³-hybridized carbons (Fsp3) is 0.167. The van der Waals surface area contributed by atoms with E-state index in [1.807, 2.05) is 26.0 Å². The minimum absolute atomic E-state index is 0.192. The number of benzene rings is 2. The summed E-state index contributed by atoms with van der Waals surface area (Å²) >= 11 is 0. The largest absolute Gasteiger partial charge is 0.496 e. The van der Waals surface area contributed by atoms with Gasteiger partial charge < -0.3 is 4.74 Å². The number of H-pyrrole nitrogens is 1. The van der Waals surface area contributed by atoms with Gasteiger partial charge in [0.25, 0.3) is 10.0 Å². The summed E-state index contributed by atoms with van der Waals surface area (Å²) in [5.41, 5.74) is 3.47. The molecule has 6 nitrogen and oxygen atoms in total. The quantitative estimate of drug-likeness (QED) is 0.732. The number of ether oxygens (including phenoxy) is 1. The molecule has 0 bridgehead atoms. The Morgan fingerprint density at radius 1 is 1.08 bits per heavy atom. The van der Waals surface area contributed by atoms with Crippen LogP contribution in [0.15, 0.2) is 53.6 Å². The Balaban J connectivity index is 2.00. The van der Waals surface area contributed by atoms with Crippen LogP contribution in [0, 0.1) is 13.8 Å². The Bertz CT molecular complexity index is 972. The minimum Gasteiger partial charge on any atom is -0.496 e. The van der Waals surface area contributed by atoms with Crippen molar-refractivity contribution in [3.8, 4) is 16.9 Å². The monoisotopic (exact) mass is 357 g/mol. The molecule has 0 saturated carbocycles. The Labute approximate surface area is 146 Å². The lowest BCUT2D eigenvalue weighted by Gasteiger charge is -2.12. The number of aromatic amines is 1. The molecule has 0 atom stereocenters. The molecule has 0 unspecified atom stereocenters. The number of aromatic nitrogens is 2. The molecule has 1 aromatic heterocycles. The van der Waals surface area contributed by atoms with E-state index in [0.29, 0.717) is 11.4 Å². The second-order valence-electron chi connectivity index (χ2n) is 5.72. The van der Waals surface area contributed by atoms with Crippen LogP contribution in [-0.2, 0) is 10.0 Å². The average Bonchev–Trinajstić information content (AvgIpc) is 3.03. The molecule has 0 amide bonds. The lowest BCUT2D eigenvalue weighted by molar-refractivity contribution is 0.408.